The zero-order valence-electron chi connectivity index (χ0n) is 12.0. The molecule has 0 bridgehead atoms. The highest BCUT2D eigenvalue weighted by Crippen LogP contribution is 2.30. The fraction of sp³-hybridized carbons (Fsp3) is 0.333. The molecule has 2 aromatic carbocycles. The summed E-state index contributed by atoms with van der Waals surface area (Å²) in [6, 6.07) is 13.9. The lowest BCUT2D eigenvalue weighted by molar-refractivity contribution is 0.690. The van der Waals surface area contributed by atoms with Gasteiger partial charge in [-0.25, -0.2) is 0 Å². The number of hydrogen-bond acceptors (Lipinski definition) is 1. The normalized spacial score (nSPS) is 15.2. The summed E-state index contributed by atoms with van der Waals surface area (Å²) in [6.45, 7) is 2.12. The molecule has 3 rings (SSSR count). The standard InChI is InChI=1S/C18H20BrN/c1-12-6-7-16(11-17(12)19)18(20-2)15-9-8-13-4-3-5-14(13)10-15/h6-11,18,20H,3-5H2,1-2H3. The Morgan fingerprint density at radius 2 is 1.70 bits per heavy atom. The van der Waals surface area contributed by atoms with E-state index in [0.717, 1.165) is 0 Å². The number of aryl methyl sites for hydroxylation is 3. The van der Waals surface area contributed by atoms with Crippen molar-refractivity contribution in [2.75, 3.05) is 7.05 Å². The Hall–Kier alpha value is -1.12. The van der Waals surface area contributed by atoms with Crippen molar-refractivity contribution < 1.29 is 0 Å². The SMILES string of the molecule is CNC(c1ccc(C)c(Br)c1)c1ccc2c(c1)CCC2. The Morgan fingerprint density at radius 3 is 2.45 bits per heavy atom. The summed E-state index contributed by atoms with van der Waals surface area (Å²) in [4.78, 5) is 0. The van der Waals surface area contributed by atoms with Crippen LogP contribution in [0.4, 0.5) is 0 Å². The zero-order valence-corrected chi connectivity index (χ0v) is 13.6. The van der Waals surface area contributed by atoms with Gasteiger partial charge in [-0.1, -0.05) is 46.3 Å². The molecule has 1 aliphatic carbocycles. The minimum absolute atomic E-state index is 0.262. The first-order chi connectivity index (χ1) is 9.69. The topological polar surface area (TPSA) is 12.0 Å². The summed E-state index contributed by atoms with van der Waals surface area (Å²) < 4.78 is 1.18. The Kier molecular flexibility index (Phi) is 3.95. The average Bonchev–Trinajstić information content (AvgIpc) is 2.91. The second-order valence-corrected chi connectivity index (χ2v) is 6.47. The van der Waals surface area contributed by atoms with Gasteiger partial charge < -0.3 is 5.32 Å². The van der Waals surface area contributed by atoms with E-state index in [1.54, 1.807) is 0 Å². The van der Waals surface area contributed by atoms with E-state index >= 15 is 0 Å². The second kappa shape index (κ2) is 5.71. The van der Waals surface area contributed by atoms with Crippen LogP contribution in [0.25, 0.3) is 0 Å². The predicted octanol–water partition coefficient (Wildman–Crippen LogP) is 4.56. The van der Waals surface area contributed by atoms with Gasteiger partial charge in [0.15, 0.2) is 0 Å². The molecule has 0 aliphatic heterocycles. The van der Waals surface area contributed by atoms with E-state index in [9.17, 15) is 0 Å². The molecule has 2 aromatic rings. The number of rotatable bonds is 3. The Labute approximate surface area is 129 Å². The van der Waals surface area contributed by atoms with Crippen molar-refractivity contribution in [1.29, 1.82) is 0 Å². The van der Waals surface area contributed by atoms with Crippen LogP contribution in [0.1, 0.15) is 40.3 Å². The highest BCUT2D eigenvalue weighted by molar-refractivity contribution is 9.10. The highest BCUT2D eigenvalue weighted by atomic mass is 79.9. The summed E-state index contributed by atoms with van der Waals surface area (Å²) in [7, 11) is 2.03. The monoisotopic (exact) mass is 329 g/mol. The van der Waals surface area contributed by atoms with E-state index in [0.29, 0.717) is 0 Å². The molecule has 2 heteroatoms. The lowest BCUT2D eigenvalue weighted by Gasteiger charge is -2.19. The van der Waals surface area contributed by atoms with E-state index in [1.165, 1.54) is 51.6 Å². The second-order valence-electron chi connectivity index (χ2n) is 5.61. The molecule has 20 heavy (non-hydrogen) atoms. The molecule has 1 atom stereocenters. The fourth-order valence-electron chi connectivity index (χ4n) is 3.09. The van der Waals surface area contributed by atoms with Crippen LogP contribution in [0.5, 0.6) is 0 Å². The number of benzene rings is 2. The first kappa shape index (κ1) is 13.8. The maximum atomic E-state index is 3.64. The molecule has 0 saturated carbocycles. The molecule has 0 heterocycles. The van der Waals surface area contributed by atoms with Gasteiger partial charge in [-0.2, -0.15) is 0 Å². The molecule has 0 spiro atoms. The zero-order chi connectivity index (χ0) is 14.1. The number of nitrogens with one attached hydrogen (secondary N) is 1. The molecule has 1 nitrogen and oxygen atoms in total. The molecular formula is C18H20BrN. The van der Waals surface area contributed by atoms with Crippen molar-refractivity contribution in [2.24, 2.45) is 0 Å². The van der Waals surface area contributed by atoms with Crippen LogP contribution >= 0.6 is 15.9 Å². The third kappa shape index (κ3) is 2.55. The summed E-state index contributed by atoms with van der Waals surface area (Å²) in [5.41, 5.74) is 7.02. The van der Waals surface area contributed by atoms with E-state index < -0.39 is 0 Å². The Balaban J connectivity index is 1.98. The van der Waals surface area contributed by atoms with Gasteiger partial charge in [0, 0.05) is 4.47 Å². The fourth-order valence-corrected chi connectivity index (χ4v) is 3.48. The van der Waals surface area contributed by atoms with Crippen LogP contribution in [0.2, 0.25) is 0 Å². The summed E-state index contributed by atoms with van der Waals surface area (Å²) in [6.07, 6.45) is 3.78. The summed E-state index contributed by atoms with van der Waals surface area (Å²) in [5.74, 6) is 0. The maximum Gasteiger partial charge on any atom is 0.0574 e. The van der Waals surface area contributed by atoms with Crippen molar-refractivity contribution in [3.8, 4) is 0 Å². The van der Waals surface area contributed by atoms with Gasteiger partial charge in [0.05, 0.1) is 6.04 Å². The van der Waals surface area contributed by atoms with Crippen LogP contribution in [0, 0.1) is 6.92 Å². The number of halogens is 1. The smallest absolute Gasteiger partial charge is 0.0574 e. The highest BCUT2D eigenvalue weighted by Gasteiger charge is 2.16. The predicted molar refractivity (Wildman–Crippen MR) is 88.2 cm³/mol. The molecule has 0 aromatic heterocycles. The van der Waals surface area contributed by atoms with Crippen LogP contribution in [-0.4, -0.2) is 7.05 Å². The quantitative estimate of drug-likeness (QED) is 0.870. The summed E-state index contributed by atoms with van der Waals surface area (Å²) in [5, 5.41) is 3.45. The molecule has 1 aliphatic rings. The van der Waals surface area contributed by atoms with Crippen molar-refractivity contribution >= 4 is 15.9 Å². The lowest BCUT2D eigenvalue weighted by Crippen LogP contribution is -2.18. The third-order valence-electron chi connectivity index (χ3n) is 4.27. The van der Waals surface area contributed by atoms with E-state index in [1.807, 2.05) is 7.05 Å². The summed E-state index contributed by atoms with van der Waals surface area (Å²) >= 11 is 3.64. The molecule has 1 N–H and O–H groups in total. The van der Waals surface area contributed by atoms with Crippen molar-refractivity contribution in [2.45, 2.75) is 32.2 Å². The van der Waals surface area contributed by atoms with Gasteiger partial charge in [0.25, 0.3) is 0 Å². The van der Waals surface area contributed by atoms with Gasteiger partial charge in [-0.3, -0.25) is 0 Å². The number of hydrogen-bond donors (Lipinski definition) is 1. The van der Waals surface area contributed by atoms with Gasteiger partial charge in [-0.15, -0.1) is 0 Å². The number of fused-ring (bicyclic) bond motifs is 1. The minimum Gasteiger partial charge on any atom is -0.309 e. The molecule has 104 valence electrons. The van der Waals surface area contributed by atoms with Gasteiger partial charge >= 0.3 is 0 Å². The largest absolute Gasteiger partial charge is 0.309 e. The van der Waals surface area contributed by atoms with Crippen molar-refractivity contribution in [3.05, 3.63) is 68.7 Å². The Bertz CT molecular complexity index is 633. The van der Waals surface area contributed by atoms with Crippen LogP contribution < -0.4 is 5.32 Å². The Morgan fingerprint density at radius 1 is 1.00 bits per heavy atom. The van der Waals surface area contributed by atoms with E-state index in [-0.39, 0.29) is 6.04 Å². The van der Waals surface area contributed by atoms with Gasteiger partial charge in [0.1, 0.15) is 0 Å². The molecular weight excluding hydrogens is 310 g/mol. The first-order valence-corrected chi connectivity index (χ1v) is 8.03. The lowest BCUT2D eigenvalue weighted by atomic mass is 9.95. The maximum absolute atomic E-state index is 3.64. The van der Waals surface area contributed by atoms with Crippen LogP contribution in [0.3, 0.4) is 0 Å². The minimum atomic E-state index is 0.262. The molecule has 0 radical (unpaired) electrons. The van der Waals surface area contributed by atoms with E-state index in [4.69, 9.17) is 0 Å². The average molecular weight is 330 g/mol. The van der Waals surface area contributed by atoms with Crippen molar-refractivity contribution in [3.63, 3.8) is 0 Å². The van der Waals surface area contributed by atoms with Gasteiger partial charge in [-0.05, 0) is 67.1 Å². The van der Waals surface area contributed by atoms with Crippen molar-refractivity contribution in [1.82, 2.24) is 5.32 Å². The molecule has 1 unspecified atom stereocenters. The molecule has 0 fully saturated rings. The molecule has 0 amide bonds. The van der Waals surface area contributed by atoms with Crippen LogP contribution in [0.15, 0.2) is 40.9 Å². The third-order valence-corrected chi connectivity index (χ3v) is 5.13. The van der Waals surface area contributed by atoms with Crippen LogP contribution in [-0.2, 0) is 12.8 Å². The van der Waals surface area contributed by atoms with Gasteiger partial charge in [0.2, 0.25) is 0 Å². The first-order valence-electron chi connectivity index (χ1n) is 7.24. The van der Waals surface area contributed by atoms with E-state index in [2.05, 4.69) is 64.6 Å². The molecule has 0 saturated heterocycles.